The van der Waals surface area contributed by atoms with Gasteiger partial charge in [0.2, 0.25) is 0 Å². The van der Waals surface area contributed by atoms with Crippen molar-refractivity contribution in [3.05, 3.63) is 76.2 Å². The molecule has 2 aromatic carbocycles. The molecule has 3 rings (SSSR count). The van der Waals surface area contributed by atoms with Crippen LogP contribution < -0.4 is 0 Å². The van der Waals surface area contributed by atoms with Gasteiger partial charge in [-0.15, -0.1) is 17.0 Å². The van der Waals surface area contributed by atoms with Crippen molar-refractivity contribution in [2.45, 2.75) is 6.42 Å². The van der Waals surface area contributed by atoms with Crippen LogP contribution in [-0.2, 0) is 28.1 Å². The van der Waals surface area contributed by atoms with Crippen molar-refractivity contribution in [2.75, 3.05) is 0 Å². The first-order valence-electron chi connectivity index (χ1n) is 4.29. The summed E-state index contributed by atoms with van der Waals surface area (Å²) in [7, 11) is 0. The van der Waals surface area contributed by atoms with E-state index in [1.165, 1.54) is 21.9 Å². The zero-order valence-electron chi connectivity index (χ0n) is 10.2. The molecule has 0 aromatic heterocycles. The molecule has 0 saturated carbocycles. The van der Waals surface area contributed by atoms with Gasteiger partial charge in [0.1, 0.15) is 0 Å². The largest absolute Gasteiger partial charge is 4.00 e. The van der Waals surface area contributed by atoms with E-state index in [2.05, 4.69) is 42.8 Å². The summed E-state index contributed by atoms with van der Waals surface area (Å²) in [6.07, 6.45) is 3.41. The van der Waals surface area contributed by atoms with E-state index in [0.29, 0.717) is 0 Å². The van der Waals surface area contributed by atoms with E-state index < -0.39 is 0 Å². The zero-order chi connectivity index (χ0) is 7.97. The molecule has 0 nitrogen and oxygen atoms in total. The number of hydrogen-bond donors (Lipinski definition) is 0. The Labute approximate surface area is 115 Å². The van der Waals surface area contributed by atoms with E-state index >= 15 is 0 Å². The van der Waals surface area contributed by atoms with Crippen LogP contribution in [0.5, 0.6) is 0 Å². The molecule has 0 atom stereocenters. The number of hydrogen-bond acceptors (Lipinski definition) is 0. The fourth-order valence-electron chi connectivity index (χ4n) is 2.01. The minimum atomic E-state index is 0. The third-order valence-electron chi connectivity index (χ3n) is 2.57. The summed E-state index contributed by atoms with van der Waals surface area (Å²) >= 11 is 0. The fourth-order valence-corrected chi connectivity index (χ4v) is 2.01. The molecule has 82 valence electrons. The van der Waals surface area contributed by atoms with Gasteiger partial charge in [0.15, 0.2) is 0 Å². The number of benzene rings is 2. The topological polar surface area (TPSA) is 0 Å². The minimum Gasteiger partial charge on any atom is -0.358 e. The maximum absolute atomic E-state index is 2.30. The van der Waals surface area contributed by atoms with Crippen LogP contribution in [0.2, 0.25) is 0 Å². The van der Waals surface area contributed by atoms with Gasteiger partial charge in [0.05, 0.1) is 0 Å². The van der Waals surface area contributed by atoms with Crippen LogP contribution in [-0.4, -0.2) is 0 Å². The third-order valence-corrected chi connectivity index (χ3v) is 2.57. The molecular weight excluding hydrogens is 228 g/mol. The van der Waals surface area contributed by atoms with E-state index in [0.717, 1.165) is 6.42 Å². The SMILES string of the molecule is [CH3-].[CH3-].[CH3-].[Ti+4].c1cc2c3c(cccc3c1)C[CH-]2. The summed E-state index contributed by atoms with van der Waals surface area (Å²) in [5.74, 6) is 0. The van der Waals surface area contributed by atoms with Gasteiger partial charge >= 0.3 is 21.7 Å². The van der Waals surface area contributed by atoms with Gasteiger partial charge < -0.3 is 22.3 Å². The summed E-state index contributed by atoms with van der Waals surface area (Å²) < 4.78 is 0. The minimum absolute atomic E-state index is 0. The van der Waals surface area contributed by atoms with Gasteiger partial charge in [-0.25, -0.2) is 0 Å². The average molecular weight is 246 g/mol. The monoisotopic (exact) mass is 246 g/mol. The van der Waals surface area contributed by atoms with Crippen molar-refractivity contribution >= 4 is 10.8 Å². The molecule has 0 amide bonds. The molecule has 2 aromatic rings. The van der Waals surface area contributed by atoms with Crippen molar-refractivity contribution in [3.63, 3.8) is 0 Å². The van der Waals surface area contributed by atoms with Crippen molar-refractivity contribution in [3.8, 4) is 0 Å². The first-order valence-corrected chi connectivity index (χ1v) is 4.29. The molecule has 16 heavy (non-hydrogen) atoms. The molecule has 0 spiro atoms. The van der Waals surface area contributed by atoms with Gasteiger partial charge in [0.25, 0.3) is 0 Å². The summed E-state index contributed by atoms with van der Waals surface area (Å²) in [5.41, 5.74) is 2.88. The Balaban J connectivity index is 0. The Morgan fingerprint density at radius 3 is 2.19 bits per heavy atom. The van der Waals surface area contributed by atoms with Gasteiger partial charge in [-0.05, 0) is 0 Å². The second kappa shape index (κ2) is 6.78. The Morgan fingerprint density at radius 1 is 0.875 bits per heavy atom. The van der Waals surface area contributed by atoms with E-state index in [9.17, 15) is 0 Å². The zero-order valence-corrected chi connectivity index (χ0v) is 11.8. The van der Waals surface area contributed by atoms with E-state index in [1.807, 2.05) is 0 Å². The molecule has 0 aliphatic heterocycles. The molecule has 0 unspecified atom stereocenters. The Bertz CT molecular complexity index is 407. The molecular formula is C15H18Ti. The molecule has 0 fully saturated rings. The second-order valence-corrected chi connectivity index (χ2v) is 3.27. The summed E-state index contributed by atoms with van der Waals surface area (Å²) in [5, 5.41) is 2.83. The van der Waals surface area contributed by atoms with Gasteiger partial charge in [-0.1, -0.05) is 36.1 Å². The summed E-state index contributed by atoms with van der Waals surface area (Å²) in [4.78, 5) is 0. The maximum atomic E-state index is 2.30. The van der Waals surface area contributed by atoms with Gasteiger partial charge in [0, 0.05) is 0 Å². The number of rotatable bonds is 0. The van der Waals surface area contributed by atoms with Crippen molar-refractivity contribution < 1.29 is 21.7 Å². The Morgan fingerprint density at radius 2 is 1.50 bits per heavy atom. The Hall–Kier alpha value is -0.716. The van der Waals surface area contributed by atoms with Crippen LogP contribution in [0.15, 0.2) is 36.4 Å². The van der Waals surface area contributed by atoms with Crippen LogP contribution in [0.1, 0.15) is 11.1 Å². The van der Waals surface area contributed by atoms with Crippen molar-refractivity contribution in [1.29, 1.82) is 0 Å². The van der Waals surface area contributed by atoms with Crippen LogP contribution in [0.3, 0.4) is 0 Å². The quantitative estimate of drug-likeness (QED) is 0.480. The molecule has 0 saturated heterocycles. The fraction of sp³-hybridized carbons (Fsp3) is 0.0667. The van der Waals surface area contributed by atoms with E-state index in [4.69, 9.17) is 0 Å². The van der Waals surface area contributed by atoms with Gasteiger partial charge in [-0.3, -0.25) is 0 Å². The first kappa shape index (κ1) is 17.7. The van der Waals surface area contributed by atoms with Crippen molar-refractivity contribution in [2.24, 2.45) is 0 Å². The first-order chi connectivity index (χ1) is 5.95. The van der Waals surface area contributed by atoms with Crippen molar-refractivity contribution in [1.82, 2.24) is 0 Å². The van der Waals surface area contributed by atoms with Crippen LogP contribution in [0.25, 0.3) is 10.8 Å². The molecule has 1 aliphatic rings. The standard InChI is InChI=1S/C12H9.3CH3.Ti/c1-3-9-4-2-6-11-8-7-10(5-1)12(9)11;;;;/h1-7H,8H2;3*1H3;/q4*-1;+4. The maximum Gasteiger partial charge on any atom is 4.00 e. The molecule has 1 aliphatic carbocycles. The van der Waals surface area contributed by atoms with E-state index in [1.54, 1.807) is 0 Å². The summed E-state index contributed by atoms with van der Waals surface area (Å²) in [6.45, 7) is 0. The second-order valence-electron chi connectivity index (χ2n) is 3.27. The predicted molar refractivity (Wildman–Crippen MR) is 70.3 cm³/mol. The summed E-state index contributed by atoms with van der Waals surface area (Å²) in [6, 6.07) is 13.0. The third kappa shape index (κ3) is 2.51. The smallest absolute Gasteiger partial charge is 0.358 e. The molecule has 0 radical (unpaired) electrons. The molecule has 0 bridgehead atoms. The molecule has 0 N–H and O–H groups in total. The average Bonchev–Trinajstić information content (AvgIpc) is 2.52. The van der Waals surface area contributed by atoms with Gasteiger partial charge in [-0.2, -0.15) is 18.1 Å². The Kier molecular flexibility index (Phi) is 7.49. The van der Waals surface area contributed by atoms with E-state index in [-0.39, 0.29) is 44.0 Å². The van der Waals surface area contributed by atoms with Crippen LogP contribution >= 0.6 is 0 Å². The molecule has 0 heterocycles. The van der Waals surface area contributed by atoms with Crippen LogP contribution in [0.4, 0.5) is 0 Å². The normalized spacial score (nSPS) is 10.0. The molecule has 1 heteroatoms. The van der Waals surface area contributed by atoms with Crippen LogP contribution in [0, 0.1) is 28.7 Å². The predicted octanol–water partition coefficient (Wildman–Crippen LogP) is 4.30.